The minimum absolute atomic E-state index is 0.00263. The second kappa shape index (κ2) is 5.33. The summed E-state index contributed by atoms with van der Waals surface area (Å²) in [5.74, 6) is -1.04. The van der Waals surface area contributed by atoms with Gasteiger partial charge in [0.15, 0.2) is 5.65 Å². The van der Waals surface area contributed by atoms with Crippen LogP contribution < -0.4 is 5.32 Å². The highest BCUT2D eigenvalue weighted by Gasteiger charge is 2.22. The van der Waals surface area contributed by atoms with Gasteiger partial charge in [0.05, 0.1) is 16.8 Å². The Morgan fingerprint density at radius 3 is 2.71 bits per heavy atom. The average molecular weight is 292 g/mol. The first kappa shape index (κ1) is 15.2. The standard InChI is InChI=1S/C14H20N4O3/c1-8-10-11(16-6-14(2,3)7-19)9(13(20)21)5-15-12(10)18(4)17-8/h5,19H,6-7H2,1-4H3,(H,15,16)(H,20,21). The van der Waals surface area contributed by atoms with E-state index in [0.717, 1.165) is 0 Å². The molecule has 2 aromatic rings. The molecular weight excluding hydrogens is 272 g/mol. The Morgan fingerprint density at radius 1 is 1.48 bits per heavy atom. The Bertz CT molecular complexity index is 691. The fourth-order valence-corrected chi connectivity index (χ4v) is 2.14. The molecule has 7 nitrogen and oxygen atoms in total. The number of carboxylic acids is 1. The number of hydrogen-bond donors (Lipinski definition) is 3. The molecule has 7 heteroatoms. The van der Waals surface area contributed by atoms with Gasteiger partial charge in [0.2, 0.25) is 0 Å². The summed E-state index contributed by atoms with van der Waals surface area (Å²) >= 11 is 0. The molecule has 2 rings (SSSR count). The van der Waals surface area contributed by atoms with Gasteiger partial charge in [-0.1, -0.05) is 13.8 Å². The second-order valence-electron chi connectivity index (χ2n) is 5.94. The normalized spacial score (nSPS) is 11.9. The van der Waals surface area contributed by atoms with Crippen molar-refractivity contribution >= 4 is 22.7 Å². The van der Waals surface area contributed by atoms with Crippen LogP contribution in [0.5, 0.6) is 0 Å². The molecule has 0 saturated carbocycles. The van der Waals surface area contributed by atoms with Gasteiger partial charge in [-0.25, -0.2) is 9.78 Å². The Morgan fingerprint density at radius 2 is 2.14 bits per heavy atom. The molecule has 0 aliphatic heterocycles. The number of carboxylic acid groups (broad SMARTS) is 1. The van der Waals surface area contributed by atoms with Crippen LogP contribution in [0, 0.1) is 12.3 Å². The Kier molecular flexibility index (Phi) is 3.87. The Balaban J connectivity index is 2.57. The number of nitrogens with one attached hydrogen (secondary N) is 1. The number of carbonyl (C=O) groups is 1. The molecule has 0 spiro atoms. The third kappa shape index (κ3) is 2.82. The van der Waals surface area contributed by atoms with Crippen molar-refractivity contribution < 1.29 is 15.0 Å². The predicted octanol–water partition coefficient (Wildman–Crippen LogP) is 1.41. The zero-order chi connectivity index (χ0) is 15.8. The molecule has 114 valence electrons. The van der Waals surface area contributed by atoms with Gasteiger partial charge in [0.1, 0.15) is 5.56 Å². The Hall–Kier alpha value is -2.15. The van der Waals surface area contributed by atoms with Gasteiger partial charge < -0.3 is 15.5 Å². The lowest BCUT2D eigenvalue weighted by Gasteiger charge is -2.23. The first-order valence-corrected chi connectivity index (χ1v) is 6.67. The summed E-state index contributed by atoms with van der Waals surface area (Å²) in [7, 11) is 1.77. The van der Waals surface area contributed by atoms with Gasteiger partial charge in [0, 0.05) is 31.8 Å². The zero-order valence-electron chi connectivity index (χ0n) is 12.6. The van der Waals surface area contributed by atoms with Crippen molar-refractivity contribution in [3.63, 3.8) is 0 Å². The summed E-state index contributed by atoms with van der Waals surface area (Å²) in [6.07, 6.45) is 1.33. The lowest BCUT2D eigenvalue weighted by molar-refractivity contribution is 0.0697. The van der Waals surface area contributed by atoms with Crippen molar-refractivity contribution in [1.29, 1.82) is 0 Å². The van der Waals surface area contributed by atoms with E-state index in [1.165, 1.54) is 6.20 Å². The first-order valence-electron chi connectivity index (χ1n) is 6.67. The third-order valence-electron chi connectivity index (χ3n) is 3.43. The van der Waals surface area contributed by atoms with E-state index in [1.807, 2.05) is 20.8 Å². The van der Waals surface area contributed by atoms with Crippen molar-refractivity contribution in [2.75, 3.05) is 18.5 Å². The fraction of sp³-hybridized carbons (Fsp3) is 0.500. The van der Waals surface area contributed by atoms with Crippen LogP contribution in [0.4, 0.5) is 5.69 Å². The number of aromatic carboxylic acids is 1. The maximum Gasteiger partial charge on any atom is 0.339 e. The van der Waals surface area contributed by atoms with Gasteiger partial charge in [-0.2, -0.15) is 5.10 Å². The highest BCUT2D eigenvalue weighted by Crippen LogP contribution is 2.29. The summed E-state index contributed by atoms with van der Waals surface area (Å²) < 4.78 is 1.62. The minimum atomic E-state index is -1.04. The molecule has 0 aliphatic carbocycles. The number of pyridine rings is 1. The maximum absolute atomic E-state index is 11.4. The van der Waals surface area contributed by atoms with Gasteiger partial charge in [0.25, 0.3) is 0 Å². The van der Waals surface area contributed by atoms with Crippen LogP contribution in [0.3, 0.4) is 0 Å². The van der Waals surface area contributed by atoms with Crippen LogP contribution in [0.25, 0.3) is 11.0 Å². The zero-order valence-corrected chi connectivity index (χ0v) is 12.6. The maximum atomic E-state index is 11.4. The summed E-state index contributed by atoms with van der Waals surface area (Å²) in [4.78, 5) is 15.6. The number of fused-ring (bicyclic) bond motifs is 1. The van der Waals surface area contributed by atoms with Gasteiger partial charge in [-0.15, -0.1) is 0 Å². The van der Waals surface area contributed by atoms with Gasteiger partial charge in [-0.3, -0.25) is 4.68 Å². The number of aryl methyl sites for hydroxylation is 2. The lowest BCUT2D eigenvalue weighted by Crippen LogP contribution is -2.27. The van der Waals surface area contributed by atoms with Crippen LogP contribution in [0.15, 0.2) is 6.20 Å². The molecule has 0 saturated heterocycles. The molecule has 2 heterocycles. The smallest absolute Gasteiger partial charge is 0.339 e. The van der Waals surface area contributed by atoms with E-state index in [2.05, 4.69) is 15.4 Å². The molecule has 2 aromatic heterocycles. The molecule has 0 radical (unpaired) electrons. The van der Waals surface area contributed by atoms with Gasteiger partial charge in [-0.05, 0) is 6.92 Å². The van der Waals surface area contributed by atoms with Crippen molar-refractivity contribution in [1.82, 2.24) is 14.8 Å². The molecule has 0 aliphatic rings. The number of rotatable bonds is 5. The number of aromatic nitrogens is 3. The van der Waals surface area contributed by atoms with Crippen molar-refractivity contribution in [2.45, 2.75) is 20.8 Å². The first-order chi connectivity index (χ1) is 9.76. The SMILES string of the molecule is Cc1nn(C)c2ncc(C(=O)O)c(NCC(C)(C)CO)c12. The van der Waals surface area contributed by atoms with E-state index >= 15 is 0 Å². The molecule has 0 fully saturated rings. The van der Waals surface area contributed by atoms with Crippen LogP contribution in [-0.2, 0) is 7.05 Å². The number of aliphatic hydroxyl groups is 1. The lowest BCUT2D eigenvalue weighted by atomic mass is 9.94. The summed E-state index contributed by atoms with van der Waals surface area (Å²) in [5.41, 5.74) is 1.59. The third-order valence-corrected chi connectivity index (χ3v) is 3.43. The minimum Gasteiger partial charge on any atom is -0.478 e. The number of aliphatic hydroxyl groups excluding tert-OH is 1. The Labute approximate surface area is 122 Å². The predicted molar refractivity (Wildman–Crippen MR) is 79.6 cm³/mol. The van der Waals surface area contributed by atoms with Crippen LogP contribution in [0.1, 0.15) is 29.9 Å². The quantitative estimate of drug-likeness (QED) is 0.770. The highest BCUT2D eigenvalue weighted by molar-refractivity contribution is 6.04. The molecule has 0 aromatic carbocycles. The van der Waals surface area contributed by atoms with E-state index in [-0.39, 0.29) is 17.6 Å². The number of nitrogens with zero attached hydrogens (tertiary/aromatic N) is 3. The van der Waals surface area contributed by atoms with E-state index in [9.17, 15) is 15.0 Å². The fourth-order valence-electron chi connectivity index (χ4n) is 2.14. The molecule has 3 N–H and O–H groups in total. The van der Waals surface area contributed by atoms with Crippen LogP contribution in [0.2, 0.25) is 0 Å². The average Bonchev–Trinajstić information content (AvgIpc) is 2.71. The summed E-state index contributed by atoms with van der Waals surface area (Å²) in [6.45, 7) is 6.06. The topological polar surface area (TPSA) is 100 Å². The second-order valence-corrected chi connectivity index (χ2v) is 5.94. The number of hydrogen-bond acceptors (Lipinski definition) is 5. The molecule has 0 amide bonds. The largest absolute Gasteiger partial charge is 0.478 e. The van der Waals surface area contributed by atoms with Crippen LogP contribution in [-0.4, -0.2) is 44.1 Å². The van der Waals surface area contributed by atoms with Gasteiger partial charge >= 0.3 is 5.97 Å². The number of anilines is 1. The monoisotopic (exact) mass is 292 g/mol. The van der Waals surface area contributed by atoms with Crippen LogP contribution >= 0.6 is 0 Å². The highest BCUT2D eigenvalue weighted by atomic mass is 16.4. The summed E-state index contributed by atoms with van der Waals surface area (Å²) in [6, 6.07) is 0. The van der Waals surface area contributed by atoms with E-state index in [0.29, 0.717) is 29.0 Å². The van der Waals surface area contributed by atoms with E-state index in [1.54, 1.807) is 11.7 Å². The van der Waals surface area contributed by atoms with E-state index in [4.69, 9.17) is 0 Å². The molecule has 0 bridgehead atoms. The molecular formula is C14H20N4O3. The van der Waals surface area contributed by atoms with Crippen molar-refractivity contribution in [3.05, 3.63) is 17.5 Å². The molecule has 21 heavy (non-hydrogen) atoms. The molecule has 0 unspecified atom stereocenters. The summed E-state index contributed by atoms with van der Waals surface area (Å²) in [5, 5.41) is 26.8. The van der Waals surface area contributed by atoms with Crippen molar-refractivity contribution in [3.8, 4) is 0 Å². The van der Waals surface area contributed by atoms with Crippen molar-refractivity contribution in [2.24, 2.45) is 12.5 Å². The molecule has 0 atom stereocenters. The van der Waals surface area contributed by atoms with E-state index < -0.39 is 5.97 Å².